The molecule has 0 saturated carbocycles. The molecule has 2 rings (SSSR count). The maximum absolute atomic E-state index is 12.7. The van der Waals surface area contributed by atoms with Crippen molar-refractivity contribution in [3.8, 4) is 0 Å². The third-order valence-electron chi connectivity index (χ3n) is 3.89. The third kappa shape index (κ3) is 4.48. The van der Waals surface area contributed by atoms with Gasteiger partial charge in [-0.15, -0.1) is 0 Å². The van der Waals surface area contributed by atoms with E-state index in [0.29, 0.717) is 38.6 Å². The molecular formula is C15H27N5O3S. The molecule has 0 radical (unpaired) electrons. The first-order chi connectivity index (χ1) is 11.4. The van der Waals surface area contributed by atoms with Crippen LogP contribution < -0.4 is 0 Å². The Balaban J connectivity index is 2.16. The van der Waals surface area contributed by atoms with Gasteiger partial charge in [0.2, 0.25) is 0 Å². The Morgan fingerprint density at radius 1 is 1.33 bits per heavy atom. The van der Waals surface area contributed by atoms with Gasteiger partial charge in [-0.25, -0.2) is 9.97 Å². The van der Waals surface area contributed by atoms with Crippen molar-refractivity contribution in [2.24, 2.45) is 0 Å². The van der Waals surface area contributed by atoms with Gasteiger partial charge in [0, 0.05) is 38.9 Å². The van der Waals surface area contributed by atoms with E-state index in [1.54, 1.807) is 6.20 Å². The lowest BCUT2D eigenvalue weighted by molar-refractivity contribution is -0.00930. The monoisotopic (exact) mass is 357 g/mol. The van der Waals surface area contributed by atoms with Gasteiger partial charge in [-0.3, -0.25) is 0 Å². The van der Waals surface area contributed by atoms with E-state index in [2.05, 4.69) is 9.97 Å². The Morgan fingerprint density at radius 3 is 2.67 bits per heavy atom. The van der Waals surface area contributed by atoms with Gasteiger partial charge < -0.3 is 9.64 Å². The maximum Gasteiger partial charge on any atom is 0.282 e. The second kappa shape index (κ2) is 8.30. The zero-order chi connectivity index (χ0) is 17.7. The highest BCUT2D eigenvalue weighted by molar-refractivity contribution is 7.86. The van der Waals surface area contributed by atoms with Crippen molar-refractivity contribution >= 4 is 10.2 Å². The van der Waals surface area contributed by atoms with Crippen LogP contribution in [0.15, 0.2) is 12.3 Å². The molecule has 1 aliphatic heterocycles. The van der Waals surface area contributed by atoms with Crippen LogP contribution in [0.5, 0.6) is 0 Å². The smallest absolute Gasteiger partial charge is 0.282 e. The molecule has 1 aromatic rings. The Hall–Kier alpha value is -1.13. The minimum absolute atomic E-state index is 0.240. The second-order valence-electron chi connectivity index (χ2n) is 5.95. The fourth-order valence-electron chi connectivity index (χ4n) is 2.68. The van der Waals surface area contributed by atoms with Gasteiger partial charge >= 0.3 is 0 Å². The van der Waals surface area contributed by atoms with E-state index in [9.17, 15) is 8.42 Å². The molecule has 1 fully saturated rings. The molecule has 0 aromatic carbocycles. The molecule has 0 N–H and O–H groups in total. The number of rotatable bonds is 7. The van der Waals surface area contributed by atoms with Crippen molar-refractivity contribution in [3.63, 3.8) is 0 Å². The first-order valence-electron chi connectivity index (χ1n) is 8.21. The molecule has 9 heteroatoms. The summed E-state index contributed by atoms with van der Waals surface area (Å²) >= 11 is 0. The minimum atomic E-state index is -3.47. The largest absolute Gasteiger partial charge is 0.367 e. The van der Waals surface area contributed by atoms with Gasteiger partial charge in [-0.1, -0.05) is 13.8 Å². The molecule has 1 unspecified atom stereocenters. The van der Waals surface area contributed by atoms with E-state index in [-0.39, 0.29) is 6.54 Å². The lowest BCUT2D eigenvalue weighted by Gasteiger charge is -2.34. The molecule has 0 bridgehead atoms. The lowest BCUT2D eigenvalue weighted by Crippen LogP contribution is -2.49. The Morgan fingerprint density at radius 2 is 2.04 bits per heavy atom. The topological polar surface area (TPSA) is 78.9 Å². The van der Waals surface area contributed by atoms with Gasteiger partial charge in [-0.05, 0) is 20.2 Å². The summed E-state index contributed by atoms with van der Waals surface area (Å²) in [5.41, 5.74) is 0.886. The highest BCUT2D eigenvalue weighted by atomic mass is 32.2. The van der Waals surface area contributed by atoms with Crippen molar-refractivity contribution < 1.29 is 13.2 Å². The van der Waals surface area contributed by atoms with Crippen LogP contribution in [0, 0.1) is 0 Å². The highest BCUT2D eigenvalue weighted by Crippen LogP contribution is 2.22. The van der Waals surface area contributed by atoms with Crippen LogP contribution in [0.2, 0.25) is 0 Å². The molecule has 2 heterocycles. The van der Waals surface area contributed by atoms with Crippen molar-refractivity contribution in [3.05, 3.63) is 23.8 Å². The van der Waals surface area contributed by atoms with Crippen LogP contribution in [0.3, 0.4) is 0 Å². The fraction of sp³-hybridized carbons (Fsp3) is 0.733. The van der Waals surface area contributed by atoms with Crippen molar-refractivity contribution in [1.82, 2.24) is 23.5 Å². The summed E-state index contributed by atoms with van der Waals surface area (Å²) in [5.74, 6) is 0.536. The summed E-state index contributed by atoms with van der Waals surface area (Å²) in [6.45, 7) is 6.22. The average Bonchev–Trinajstić information content (AvgIpc) is 2.55. The number of aromatic nitrogens is 2. The van der Waals surface area contributed by atoms with E-state index < -0.39 is 16.3 Å². The summed E-state index contributed by atoms with van der Waals surface area (Å²) in [5, 5.41) is 0. The Kier molecular flexibility index (Phi) is 6.64. The number of ether oxygens (including phenoxy) is 1. The Bertz CT molecular complexity index is 634. The van der Waals surface area contributed by atoms with Gasteiger partial charge in [0.15, 0.2) is 5.82 Å². The molecule has 1 aliphatic rings. The molecule has 24 heavy (non-hydrogen) atoms. The molecule has 0 aliphatic carbocycles. The molecular weight excluding hydrogens is 330 g/mol. The van der Waals surface area contributed by atoms with Crippen LogP contribution in [0.1, 0.15) is 31.5 Å². The molecule has 8 nitrogen and oxygen atoms in total. The highest BCUT2D eigenvalue weighted by Gasteiger charge is 2.34. The van der Waals surface area contributed by atoms with E-state index in [0.717, 1.165) is 5.69 Å². The zero-order valence-corrected chi connectivity index (χ0v) is 15.7. The number of hydrogen-bond donors (Lipinski definition) is 0. The van der Waals surface area contributed by atoms with Gasteiger partial charge in [0.1, 0.15) is 6.10 Å². The van der Waals surface area contributed by atoms with E-state index in [1.807, 2.05) is 38.9 Å². The fourth-order valence-corrected chi connectivity index (χ4v) is 4.29. The standard InChI is InChI=1S/C15H27N5O3S/c1-5-19(6-2)24(21,22)20-9-10-23-14(12-20)15-16-8-7-13(17-15)11-18(3)4/h7-8,14H,5-6,9-12H2,1-4H3. The SMILES string of the molecule is CCN(CC)S(=O)(=O)N1CCOC(c2nccc(CN(C)C)n2)C1. The first-order valence-corrected chi connectivity index (χ1v) is 9.61. The van der Waals surface area contributed by atoms with Crippen LogP contribution in [0.4, 0.5) is 0 Å². The van der Waals surface area contributed by atoms with E-state index in [4.69, 9.17) is 4.74 Å². The van der Waals surface area contributed by atoms with Crippen molar-refractivity contribution in [2.75, 3.05) is 46.9 Å². The normalized spacial score (nSPS) is 20.0. The molecule has 136 valence electrons. The van der Waals surface area contributed by atoms with Crippen molar-refractivity contribution in [2.45, 2.75) is 26.5 Å². The predicted octanol–water partition coefficient (Wildman–Crippen LogP) is 0.498. The van der Waals surface area contributed by atoms with Gasteiger partial charge in [-0.2, -0.15) is 17.0 Å². The van der Waals surface area contributed by atoms with Crippen LogP contribution in [-0.4, -0.2) is 78.8 Å². The predicted molar refractivity (Wildman–Crippen MR) is 91.5 cm³/mol. The van der Waals surface area contributed by atoms with Gasteiger partial charge in [0.25, 0.3) is 10.2 Å². The summed E-state index contributed by atoms with van der Waals surface area (Å²) in [6.07, 6.45) is 1.26. The number of hydrogen-bond acceptors (Lipinski definition) is 6. The molecule has 0 amide bonds. The first kappa shape index (κ1) is 19.2. The summed E-state index contributed by atoms with van der Waals surface area (Å²) < 4.78 is 34.0. The van der Waals surface area contributed by atoms with Crippen LogP contribution in [-0.2, 0) is 21.5 Å². The lowest BCUT2D eigenvalue weighted by atomic mass is 10.2. The Labute approximate surface area is 144 Å². The quantitative estimate of drug-likeness (QED) is 0.707. The van der Waals surface area contributed by atoms with E-state index in [1.165, 1.54) is 8.61 Å². The second-order valence-corrected chi connectivity index (χ2v) is 7.88. The minimum Gasteiger partial charge on any atom is -0.367 e. The average molecular weight is 357 g/mol. The maximum atomic E-state index is 12.7. The summed E-state index contributed by atoms with van der Waals surface area (Å²) in [6, 6.07) is 1.86. The molecule has 1 saturated heterocycles. The third-order valence-corrected chi connectivity index (χ3v) is 6.04. The zero-order valence-electron chi connectivity index (χ0n) is 14.8. The van der Waals surface area contributed by atoms with E-state index >= 15 is 0 Å². The summed E-state index contributed by atoms with van der Waals surface area (Å²) in [4.78, 5) is 10.8. The molecule has 1 atom stereocenters. The van der Waals surface area contributed by atoms with Gasteiger partial charge in [0.05, 0.1) is 12.3 Å². The van der Waals surface area contributed by atoms with Crippen LogP contribution in [0.25, 0.3) is 0 Å². The van der Waals surface area contributed by atoms with Crippen molar-refractivity contribution in [1.29, 1.82) is 0 Å². The number of nitrogens with zero attached hydrogens (tertiary/aromatic N) is 5. The van der Waals surface area contributed by atoms with Crippen LogP contribution >= 0.6 is 0 Å². The molecule has 1 aromatic heterocycles. The summed E-state index contributed by atoms with van der Waals surface area (Å²) in [7, 11) is 0.468. The molecule has 0 spiro atoms. The number of morpholine rings is 1.